The minimum Gasteiger partial charge on any atom is -0.220 e. The smallest absolute Gasteiger partial charge is 0.138 e. The number of benzene rings is 1. The maximum Gasteiger partial charge on any atom is 0.138 e. The molecule has 0 N–H and O–H groups in total. The summed E-state index contributed by atoms with van der Waals surface area (Å²) < 4.78 is 1.81. The predicted molar refractivity (Wildman–Crippen MR) is 55.8 cm³/mol. The first kappa shape index (κ1) is 9.21. The van der Waals surface area contributed by atoms with Crippen LogP contribution in [0.4, 0.5) is 0 Å². The molecule has 14 heavy (non-hydrogen) atoms. The van der Waals surface area contributed by atoms with E-state index < -0.39 is 0 Å². The van der Waals surface area contributed by atoms with Gasteiger partial charge in [0.2, 0.25) is 0 Å². The lowest BCUT2D eigenvalue weighted by Crippen LogP contribution is -2.03. The quantitative estimate of drug-likeness (QED) is 0.722. The number of halogens is 1. The fourth-order valence-electron chi connectivity index (χ4n) is 1.31. The predicted octanol–water partition coefficient (Wildman–Crippen LogP) is 2.05. The highest BCUT2D eigenvalue weighted by atomic mass is 35.5. The van der Waals surface area contributed by atoms with Gasteiger partial charge in [-0.25, -0.2) is 9.67 Å². The maximum atomic E-state index is 5.67. The molecule has 0 aliphatic heterocycles. The van der Waals surface area contributed by atoms with Crippen LogP contribution in [-0.2, 0) is 6.42 Å². The molecule has 0 unspecified atom stereocenters. The minimum atomic E-state index is 0.561. The lowest BCUT2D eigenvalue weighted by molar-refractivity contribution is 0.803. The van der Waals surface area contributed by atoms with E-state index in [0.29, 0.717) is 5.88 Å². The van der Waals surface area contributed by atoms with Crippen molar-refractivity contribution >= 4 is 11.6 Å². The second-order valence-electron chi connectivity index (χ2n) is 2.86. The maximum absolute atomic E-state index is 5.67. The van der Waals surface area contributed by atoms with E-state index in [2.05, 4.69) is 10.1 Å². The van der Waals surface area contributed by atoms with Crippen molar-refractivity contribution in [1.82, 2.24) is 14.8 Å². The molecule has 2 aromatic rings. The lowest BCUT2D eigenvalue weighted by Gasteiger charge is -2.03. The van der Waals surface area contributed by atoms with Crippen LogP contribution in [0.2, 0.25) is 0 Å². The SMILES string of the molecule is ClCCc1ncnn1-c1ccccc1. The van der Waals surface area contributed by atoms with Crippen molar-refractivity contribution in [2.24, 2.45) is 0 Å². The van der Waals surface area contributed by atoms with Gasteiger partial charge in [0.1, 0.15) is 12.2 Å². The van der Waals surface area contributed by atoms with Gasteiger partial charge in [-0.3, -0.25) is 0 Å². The molecule has 0 saturated carbocycles. The number of nitrogens with zero attached hydrogens (tertiary/aromatic N) is 3. The van der Waals surface area contributed by atoms with E-state index in [9.17, 15) is 0 Å². The summed E-state index contributed by atoms with van der Waals surface area (Å²) in [6.45, 7) is 0. The summed E-state index contributed by atoms with van der Waals surface area (Å²) in [5, 5.41) is 4.15. The van der Waals surface area contributed by atoms with Crippen molar-refractivity contribution in [3.8, 4) is 5.69 Å². The number of aromatic nitrogens is 3. The Morgan fingerprint density at radius 1 is 1.21 bits per heavy atom. The Kier molecular flexibility index (Phi) is 2.79. The molecule has 0 amide bonds. The second kappa shape index (κ2) is 4.24. The highest BCUT2D eigenvalue weighted by Crippen LogP contribution is 2.08. The van der Waals surface area contributed by atoms with E-state index in [1.807, 2.05) is 35.0 Å². The average Bonchev–Trinajstić information content (AvgIpc) is 2.68. The number of alkyl halides is 1. The zero-order valence-corrected chi connectivity index (χ0v) is 8.35. The molecule has 2 rings (SSSR count). The van der Waals surface area contributed by atoms with Gasteiger partial charge in [-0.1, -0.05) is 18.2 Å². The molecule has 0 radical (unpaired) electrons. The van der Waals surface area contributed by atoms with Crippen LogP contribution in [0.1, 0.15) is 5.82 Å². The Hall–Kier alpha value is -1.35. The number of aryl methyl sites for hydroxylation is 1. The average molecular weight is 208 g/mol. The third-order valence-corrected chi connectivity index (χ3v) is 2.13. The Bertz CT molecular complexity index is 397. The minimum absolute atomic E-state index is 0.561. The number of para-hydroxylation sites is 1. The molecule has 0 aliphatic carbocycles. The molecule has 4 heteroatoms. The van der Waals surface area contributed by atoms with Crippen molar-refractivity contribution in [2.45, 2.75) is 6.42 Å². The molecule has 0 saturated heterocycles. The van der Waals surface area contributed by atoms with Gasteiger partial charge in [0.15, 0.2) is 0 Å². The van der Waals surface area contributed by atoms with Crippen molar-refractivity contribution in [2.75, 3.05) is 5.88 Å². The van der Waals surface area contributed by atoms with Gasteiger partial charge in [-0.2, -0.15) is 5.10 Å². The van der Waals surface area contributed by atoms with Gasteiger partial charge in [0.25, 0.3) is 0 Å². The highest BCUT2D eigenvalue weighted by Gasteiger charge is 2.04. The van der Waals surface area contributed by atoms with Gasteiger partial charge in [0.05, 0.1) is 5.69 Å². The number of rotatable bonds is 3. The van der Waals surface area contributed by atoms with E-state index in [4.69, 9.17) is 11.6 Å². The summed E-state index contributed by atoms with van der Waals surface area (Å²) in [7, 11) is 0. The first-order valence-electron chi connectivity index (χ1n) is 4.42. The van der Waals surface area contributed by atoms with E-state index in [1.165, 1.54) is 0 Å². The van der Waals surface area contributed by atoms with Crippen LogP contribution in [0.15, 0.2) is 36.7 Å². The van der Waals surface area contributed by atoms with Gasteiger partial charge < -0.3 is 0 Å². The van der Waals surface area contributed by atoms with Crippen molar-refractivity contribution in [1.29, 1.82) is 0 Å². The third kappa shape index (κ3) is 1.77. The normalized spacial score (nSPS) is 10.4. The Labute approximate surface area is 87.3 Å². The van der Waals surface area contributed by atoms with Crippen molar-refractivity contribution in [3.05, 3.63) is 42.5 Å². The van der Waals surface area contributed by atoms with Gasteiger partial charge in [-0.05, 0) is 12.1 Å². The van der Waals surface area contributed by atoms with Crippen LogP contribution in [0.25, 0.3) is 5.69 Å². The van der Waals surface area contributed by atoms with Crippen molar-refractivity contribution < 1.29 is 0 Å². The second-order valence-corrected chi connectivity index (χ2v) is 3.24. The fraction of sp³-hybridized carbons (Fsp3) is 0.200. The standard InChI is InChI=1S/C10H10ClN3/c11-7-6-10-12-8-13-14(10)9-4-2-1-3-5-9/h1-5,8H,6-7H2. The van der Waals surface area contributed by atoms with Crippen LogP contribution in [0.3, 0.4) is 0 Å². The Morgan fingerprint density at radius 2 is 2.00 bits per heavy atom. The van der Waals surface area contributed by atoms with E-state index in [-0.39, 0.29) is 0 Å². The monoisotopic (exact) mass is 207 g/mol. The first-order chi connectivity index (χ1) is 6.92. The largest absolute Gasteiger partial charge is 0.220 e. The summed E-state index contributed by atoms with van der Waals surface area (Å²) in [6.07, 6.45) is 2.28. The fourth-order valence-corrected chi connectivity index (χ4v) is 1.47. The lowest BCUT2D eigenvalue weighted by atomic mass is 10.3. The van der Waals surface area contributed by atoms with Crippen LogP contribution in [-0.4, -0.2) is 20.6 Å². The molecule has 0 bridgehead atoms. The highest BCUT2D eigenvalue weighted by molar-refractivity contribution is 6.17. The molecule has 1 heterocycles. The molecule has 3 nitrogen and oxygen atoms in total. The molecule has 0 fully saturated rings. The van der Waals surface area contributed by atoms with Crippen LogP contribution in [0.5, 0.6) is 0 Å². The van der Waals surface area contributed by atoms with E-state index in [0.717, 1.165) is 17.9 Å². The van der Waals surface area contributed by atoms with Crippen molar-refractivity contribution in [3.63, 3.8) is 0 Å². The summed E-state index contributed by atoms with van der Waals surface area (Å²) in [5.74, 6) is 1.46. The molecule has 1 aromatic heterocycles. The molecule has 72 valence electrons. The van der Waals surface area contributed by atoms with Crippen LogP contribution < -0.4 is 0 Å². The van der Waals surface area contributed by atoms with Gasteiger partial charge in [-0.15, -0.1) is 11.6 Å². The van der Waals surface area contributed by atoms with Crippen LogP contribution in [0, 0.1) is 0 Å². The summed E-state index contributed by atoms with van der Waals surface area (Å²) in [6, 6.07) is 9.91. The van der Waals surface area contributed by atoms with Crippen LogP contribution >= 0.6 is 11.6 Å². The summed E-state index contributed by atoms with van der Waals surface area (Å²) in [4.78, 5) is 4.15. The molecule has 1 aromatic carbocycles. The molecular weight excluding hydrogens is 198 g/mol. The molecule has 0 spiro atoms. The zero-order chi connectivity index (χ0) is 9.80. The molecule has 0 atom stereocenters. The summed E-state index contributed by atoms with van der Waals surface area (Å²) >= 11 is 5.67. The zero-order valence-electron chi connectivity index (χ0n) is 7.60. The topological polar surface area (TPSA) is 30.7 Å². The Balaban J connectivity index is 2.37. The Morgan fingerprint density at radius 3 is 2.71 bits per heavy atom. The summed E-state index contributed by atoms with van der Waals surface area (Å²) in [5.41, 5.74) is 1.02. The van der Waals surface area contributed by atoms with E-state index in [1.54, 1.807) is 6.33 Å². The van der Waals surface area contributed by atoms with Gasteiger partial charge in [0, 0.05) is 12.3 Å². The number of hydrogen-bond acceptors (Lipinski definition) is 2. The van der Waals surface area contributed by atoms with Gasteiger partial charge >= 0.3 is 0 Å². The third-order valence-electron chi connectivity index (χ3n) is 1.94. The molecular formula is C10H10ClN3. The first-order valence-corrected chi connectivity index (χ1v) is 4.95. The number of hydrogen-bond donors (Lipinski definition) is 0. The van der Waals surface area contributed by atoms with E-state index >= 15 is 0 Å². The molecule has 0 aliphatic rings.